The molecule has 1 rings (SSSR count). The molecule has 0 heterocycles. The fraction of sp³-hybridized carbons (Fsp3) is 0.700. The van der Waals surface area contributed by atoms with E-state index in [1.165, 1.54) is 10.6 Å². The number of ether oxygens (including phenoxy) is 2. The van der Waals surface area contributed by atoms with Gasteiger partial charge in [0.25, 0.3) is 0 Å². The van der Waals surface area contributed by atoms with Gasteiger partial charge in [-0.05, 0) is 34.8 Å². The van der Waals surface area contributed by atoms with Crippen LogP contribution >= 0.6 is 15.8 Å². The summed E-state index contributed by atoms with van der Waals surface area (Å²) in [5, 5.41) is 2.70. The van der Waals surface area contributed by atoms with Crippen LogP contribution in [0.15, 0.2) is 12.1 Å². The molecule has 0 N–H and O–H groups in total. The van der Waals surface area contributed by atoms with Crippen LogP contribution in [0.25, 0.3) is 0 Å². The van der Waals surface area contributed by atoms with Crippen molar-refractivity contribution in [3.05, 3.63) is 12.1 Å². The summed E-state index contributed by atoms with van der Waals surface area (Å²) in [6.07, 6.45) is 0. The normalized spacial score (nSPS) is 12.3. The predicted octanol–water partition coefficient (Wildman–Crippen LogP) is 5.55. The third kappa shape index (κ3) is 4.86. The van der Waals surface area contributed by atoms with Gasteiger partial charge < -0.3 is 9.47 Å². The Morgan fingerprint density at radius 1 is 0.583 bits per heavy atom. The highest BCUT2D eigenvalue weighted by Gasteiger charge is 2.28. The van der Waals surface area contributed by atoms with Gasteiger partial charge in [0.15, 0.2) is 0 Å². The zero-order valence-corrected chi connectivity index (χ0v) is 19.0. The molecule has 0 aliphatic carbocycles. The molecule has 0 atom stereocenters. The van der Waals surface area contributed by atoms with Gasteiger partial charge in [0, 0.05) is 10.6 Å². The number of hydrogen-bond donors (Lipinski definition) is 0. The van der Waals surface area contributed by atoms with E-state index in [0.717, 1.165) is 11.5 Å². The average Bonchev–Trinajstić information content (AvgIpc) is 2.46. The molecule has 0 fully saturated rings. The van der Waals surface area contributed by atoms with Crippen LogP contribution in [-0.2, 0) is 0 Å². The largest absolute Gasteiger partial charge is 0.496 e. The summed E-state index contributed by atoms with van der Waals surface area (Å²) in [4.78, 5) is 0. The monoisotopic (exact) mass is 370 g/mol. The number of benzene rings is 1. The molecule has 0 aromatic heterocycles. The van der Waals surface area contributed by atoms with Crippen molar-refractivity contribution in [2.75, 3.05) is 14.2 Å². The van der Waals surface area contributed by atoms with E-state index in [0.29, 0.717) is 22.6 Å². The van der Waals surface area contributed by atoms with E-state index in [-0.39, 0.29) is 15.8 Å². The topological polar surface area (TPSA) is 18.5 Å². The quantitative estimate of drug-likeness (QED) is 0.559. The van der Waals surface area contributed by atoms with E-state index in [1.54, 1.807) is 14.2 Å². The van der Waals surface area contributed by atoms with Crippen molar-refractivity contribution >= 4 is 26.5 Å². The summed E-state index contributed by atoms with van der Waals surface area (Å²) in [6.45, 7) is 18.6. The maximum atomic E-state index is 5.85. The maximum absolute atomic E-state index is 5.85. The molecule has 0 amide bonds. The Kier molecular flexibility index (Phi) is 8.51. The van der Waals surface area contributed by atoms with Gasteiger partial charge in [-0.2, -0.15) is 0 Å². The molecule has 4 heteroatoms. The van der Waals surface area contributed by atoms with Gasteiger partial charge in [0.2, 0.25) is 0 Å². The van der Waals surface area contributed by atoms with Crippen LogP contribution < -0.4 is 20.1 Å². The van der Waals surface area contributed by atoms with Gasteiger partial charge in [-0.3, -0.25) is 0 Å². The lowest BCUT2D eigenvalue weighted by Gasteiger charge is -2.32. The fourth-order valence-corrected chi connectivity index (χ4v) is 9.54. The van der Waals surface area contributed by atoms with Gasteiger partial charge in [-0.15, -0.1) is 0 Å². The second-order valence-electron chi connectivity index (χ2n) is 7.39. The third-order valence-electron chi connectivity index (χ3n) is 4.26. The minimum absolute atomic E-state index is 0.282. The van der Waals surface area contributed by atoms with Crippen LogP contribution in [0.1, 0.15) is 55.4 Å². The van der Waals surface area contributed by atoms with Crippen molar-refractivity contribution in [1.29, 1.82) is 0 Å². The number of hydrogen-bond acceptors (Lipinski definition) is 2. The van der Waals surface area contributed by atoms with Crippen molar-refractivity contribution in [1.82, 2.24) is 0 Å². The van der Waals surface area contributed by atoms with Crippen LogP contribution in [0.2, 0.25) is 0 Å². The molecule has 2 nitrogen and oxygen atoms in total. The molecular weight excluding hydrogens is 334 g/mol. The minimum Gasteiger partial charge on any atom is -0.496 e. The summed E-state index contributed by atoms with van der Waals surface area (Å²) in [6, 6.07) is 4.56. The molecule has 138 valence electrons. The second-order valence-corrected chi connectivity index (χ2v) is 14.1. The Morgan fingerprint density at radius 3 is 1.00 bits per heavy atom. The van der Waals surface area contributed by atoms with Gasteiger partial charge >= 0.3 is 0 Å². The standard InChI is InChI=1S/C20H36O2P2/c1-13(2)23(14(3)4)19-11-18(22-10)20(12-17(19)21-9)24(15(5)6)16(7)8/h11-16H,1-10H3. The Labute approximate surface area is 152 Å². The molecule has 1 aromatic rings. The lowest BCUT2D eigenvalue weighted by molar-refractivity contribution is 0.409. The zero-order valence-electron chi connectivity index (χ0n) is 17.2. The minimum atomic E-state index is -0.282. The van der Waals surface area contributed by atoms with Gasteiger partial charge in [-0.1, -0.05) is 71.2 Å². The Morgan fingerprint density at radius 2 is 0.833 bits per heavy atom. The Balaban J connectivity index is 3.57. The highest BCUT2D eigenvalue weighted by molar-refractivity contribution is 7.68. The van der Waals surface area contributed by atoms with Crippen LogP contribution in [-0.4, -0.2) is 36.9 Å². The molecule has 0 aliphatic rings. The summed E-state index contributed by atoms with van der Waals surface area (Å²) >= 11 is 0. The van der Waals surface area contributed by atoms with Crippen molar-refractivity contribution in [2.24, 2.45) is 0 Å². The third-order valence-corrected chi connectivity index (χ3v) is 10.5. The summed E-state index contributed by atoms with van der Waals surface area (Å²) < 4.78 is 11.7. The lowest BCUT2D eigenvalue weighted by atomic mass is 10.3. The van der Waals surface area contributed by atoms with Crippen molar-refractivity contribution in [3.63, 3.8) is 0 Å². The van der Waals surface area contributed by atoms with Gasteiger partial charge in [0.05, 0.1) is 14.2 Å². The summed E-state index contributed by atoms with van der Waals surface area (Å²) in [5.41, 5.74) is 2.50. The van der Waals surface area contributed by atoms with E-state index < -0.39 is 0 Å². The molecule has 0 unspecified atom stereocenters. The summed E-state index contributed by atoms with van der Waals surface area (Å²) in [5.74, 6) is 2.10. The van der Waals surface area contributed by atoms with E-state index in [2.05, 4.69) is 67.5 Å². The first-order valence-electron chi connectivity index (χ1n) is 8.98. The van der Waals surface area contributed by atoms with Crippen molar-refractivity contribution in [3.8, 4) is 11.5 Å². The first-order chi connectivity index (χ1) is 11.1. The first-order valence-corrected chi connectivity index (χ1v) is 11.9. The molecule has 24 heavy (non-hydrogen) atoms. The van der Waals surface area contributed by atoms with Gasteiger partial charge in [-0.25, -0.2) is 0 Å². The average molecular weight is 370 g/mol. The van der Waals surface area contributed by atoms with Crippen LogP contribution in [0.5, 0.6) is 11.5 Å². The van der Waals surface area contributed by atoms with E-state index in [9.17, 15) is 0 Å². The first kappa shape index (κ1) is 21.7. The summed E-state index contributed by atoms with van der Waals surface area (Å²) in [7, 11) is 3.04. The Bertz CT molecular complexity index is 461. The van der Waals surface area contributed by atoms with Crippen molar-refractivity contribution < 1.29 is 9.47 Å². The van der Waals surface area contributed by atoms with Gasteiger partial charge in [0.1, 0.15) is 11.5 Å². The van der Waals surface area contributed by atoms with Crippen molar-refractivity contribution in [2.45, 2.75) is 78.0 Å². The molecule has 0 saturated heterocycles. The van der Waals surface area contributed by atoms with E-state index in [4.69, 9.17) is 9.47 Å². The highest BCUT2D eigenvalue weighted by Crippen LogP contribution is 2.51. The van der Waals surface area contributed by atoms with E-state index >= 15 is 0 Å². The van der Waals surface area contributed by atoms with E-state index in [1.807, 2.05) is 0 Å². The molecular formula is C20H36O2P2. The molecule has 1 aromatic carbocycles. The van der Waals surface area contributed by atoms with Crippen LogP contribution in [0.3, 0.4) is 0 Å². The molecule has 0 radical (unpaired) electrons. The smallest absolute Gasteiger partial charge is 0.127 e. The second kappa shape index (κ2) is 9.40. The zero-order chi connectivity index (χ0) is 18.6. The lowest BCUT2D eigenvalue weighted by Crippen LogP contribution is -2.23. The molecule has 0 saturated carbocycles. The highest BCUT2D eigenvalue weighted by atomic mass is 31.1. The molecule has 0 aliphatic heterocycles. The fourth-order valence-electron chi connectivity index (χ4n) is 3.57. The van der Waals surface area contributed by atoms with Crippen LogP contribution in [0.4, 0.5) is 0 Å². The SMILES string of the molecule is COc1cc(P(C(C)C)C(C)C)c(OC)cc1P(C(C)C)C(C)C. The number of methoxy groups -OCH3 is 2. The maximum Gasteiger partial charge on any atom is 0.127 e. The Hall–Kier alpha value is -0.320. The molecule has 0 bridgehead atoms. The molecule has 0 spiro atoms. The predicted molar refractivity (Wildman–Crippen MR) is 113 cm³/mol. The van der Waals surface area contributed by atoms with Crippen LogP contribution in [0, 0.1) is 0 Å². The number of rotatable bonds is 8.